The highest BCUT2D eigenvalue weighted by Crippen LogP contribution is 2.16. The molecule has 0 heterocycles. The van der Waals surface area contributed by atoms with Gasteiger partial charge < -0.3 is 5.11 Å². The van der Waals surface area contributed by atoms with Gasteiger partial charge >= 0.3 is 0 Å². The second-order valence-corrected chi connectivity index (χ2v) is 13.8. The lowest BCUT2D eigenvalue weighted by molar-refractivity contribution is 0.158. The van der Waals surface area contributed by atoms with Crippen LogP contribution in [0.5, 0.6) is 0 Å². The third-order valence-corrected chi connectivity index (χ3v) is 8.26. The van der Waals surface area contributed by atoms with Gasteiger partial charge in [-0.2, -0.15) is 0 Å². The van der Waals surface area contributed by atoms with E-state index in [2.05, 4.69) is 54.7 Å². The first kappa shape index (κ1) is 45.9. The maximum absolute atomic E-state index is 9.04. The number of allylic oxidation sites excluding steroid dienone is 2. The lowest BCUT2D eigenvalue weighted by Gasteiger charge is -2.14. The zero-order valence-corrected chi connectivity index (χ0v) is 30.8. The molecule has 0 saturated carbocycles. The van der Waals surface area contributed by atoms with E-state index in [0.717, 1.165) is 18.8 Å². The summed E-state index contributed by atoms with van der Waals surface area (Å²) >= 11 is 0. The quantitative estimate of drug-likeness (QED) is 0.0676. The van der Waals surface area contributed by atoms with Gasteiger partial charge in [-0.15, -0.1) is 6.58 Å². The van der Waals surface area contributed by atoms with Gasteiger partial charge in [-0.1, -0.05) is 188 Å². The Morgan fingerprint density at radius 2 is 0.905 bits per heavy atom. The first-order valence-electron chi connectivity index (χ1n) is 19.2. The molecule has 0 spiro atoms. The van der Waals surface area contributed by atoms with E-state index in [1.165, 1.54) is 166 Å². The van der Waals surface area contributed by atoms with Crippen LogP contribution in [0.25, 0.3) is 0 Å². The van der Waals surface area contributed by atoms with E-state index in [9.17, 15) is 0 Å². The van der Waals surface area contributed by atoms with Gasteiger partial charge in [0.15, 0.2) is 0 Å². The molecule has 0 aliphatic rings. The van der Waals surface area contributed by atoms with Crippen LogP contribution in [-0.2, 0) is 0 Å². The first-order valence-corrected chi connectivity index (χ1v) is 19.2. The second-order valence-electron chi connectivity index (χ2n) is 13.8. The van der Waals surface area contributed by atoms with Crippen molar-refractivity contribution in [1.29, 1.82) is 0 Å². The van der Waals surface area contributed by atoms with E-state index in [4.69, 9.17) is 5.11 Å². The topological polar surface area (TPSA) is 20.2 Å². The molecule has 0 amide bonds. The molecule has 0 aromatic carbocycles. The molecule has 0 radical (unpaired) electrons. The molecular formula is C41H84O. The number of unbranched alkanes of at least 4 members (excludes halogenated alkanes) is 21. The summed E-state index contributed by atoms with van der Waals surface area (Å²) in [5.41, 5.74) is 1.43. The van der Waals surface area contributed by atoms with Gasteiger partial charge in [0, 0.05) is 0 Å². The van der Waals surface area contributed by atoms with Crippen molar-refractivity contribution in [2.24, 2.45) is 11.8 Å². The fourth-order valence-corrected chi connectivity index (χ4v) is 5.65. The number of rotatable bonds is 29. The number of aliphatic hydroxyl groups excluding tert-OH is 1. The minimum Gasteiger partial charge on any atom is -0.393 e. The highest BCUT2D eigenvalue weighted by atomic mass is 16.3. The smallest absolute Gasteiger partial charge is 0.0514 e. The molecule has 0 aromatic rings. The summed E-state index contributed by atoms with van der Waals surface area (Å²) in [7, 11) is 0. The average molecular weight is 593 g/mol. The largest absolute Gasteiger partial charge is 0.393 e. The maximum atomic E-state index is 9.04. The molecule has 0 rings (SSSR count). The van der Waals surface area contributed by atoms with Gasteiger partial charge in [0.25, 0.3) is 0 Å². The predicted molar refractivity (Wildman–Crippen MR) is 197 cm³/mol. The second kappa shape index (κ2) is 40.4. The van der Waals surface area contributed by atoms with Gasteiger partial charge in [-0.25, -0.2) is 0 Å². The Labute approximate surface area is 269 Å². The Morgan fingerprint density at radius 3 is 1.21 bits per heavy atom. The normalized spacial score (nSPS) is 12.2. The van der Waals surface area contributed by atoms with Crippen molar-refractivity contribution in [1.82, 2.24) is 0 Å². The van der Waals surface area contributed by atoms with Crippen molar-refractivity contribution in [3.8, 4) is 0 Å². The van der Waals surface area contributed by atoms with Crippen LogP contribution in [0, 0.1) is 11.8 Å². The Morgan fingerprint density at radius 1 is 0.548 bits per heavy atom. The minimum absolute atomic E-state index is 0.131. The van der Waals surface area contributed by atoms with Crippen LogP contribution in [0.4, 0.5) is 0 Å². The molecule has 0 aliphatic heterocycles. The summed E-state index contributed by atoms with van der Waals surface area (Å²) in [5, 5.41) is 9.04. The molecule has 0 aliphatic carbocycles. The van der Waals surface area contributed by atoms with Crippen molar-refractivity contribution in [2.75, 3.05) is 0 Å². The van der Waals surface area contributed by atoms with Gasteiger partial charge in [0.05, 0.1) is 6.10 Å². The van der Waals surface area contributed by atoms with Crippen molar-refractivity contribution in [3.05, 3.63) is 24.8 Å². The van der Waals surface area contributed by atoms with Crippen LogP contribution in [-0.4, -0.2) is 11.2 Å². The molecule has 254 valence electrons. The molecular weight excluding hydrogens is 508 g/mol. The Hall–Kier alpha value is -0.560. The summed E-state index contributed by atoms with van der Waals surface area (Å²) in [6.07, 6.45) is 39.2. The zero-order valence-electron chi connectivity index (χ0n) is 30.8. The first-order chi connectivity index (χ1) is 20.2. The third kappa shape index (κ3) is 49.1. The van der Waals surface area contributed by atoms with E-state index in [1.54, 1.807) is 0 Å². The fourth-order valence-electron chi connectivity index (χ4n) is 5.65. The zero-order chi connectivity index (χ0) is 32.1. The van der Waals surface area contributed by atoms with Crippen LogP contribution in [0.3, 0.4) is 0 Å². The van der Waals surface area contributed by atoms with Crippen molar-refractivity contribution in [2.45, 2.75) is 228 Å². The minimum atomic E-state index is -0.131. The highest BCUT2D eigenvalue weighted by Gasteiger charge is 2.07. The predicted octanol–water partition coefficient (Wildman–Crippen LogP) is 15.0. The van der Waals surface area contributed by atoms with Crippen LogP contribution in [0.1, 0.15) is 222 Å². The van der Waals surface area contributed by atoms with E-state index in [-0.39, 0.29) is 6.10 Å². The fraction of sp³-hybridized carbons (Fsp3) is 0.902. The molecule has 1 heteroatoms. The molecule has 0 bridgehead atoms. The van der Waals surface area contributed by atoms with Gasteiger partial charge in [0.1, 0.15) is 0 Å². The average Bonchev–Trinajstić information content (AvgIpc) is 2.94. The standard InChI is InChI=1S/C17H34.C15H30.C9H20O/c1-4-6-7-8-9-10-11-12-13-14-15-16-17(3)5-2;1-3-5-7-9-11-13-15-14-12-10-8-6-4-2;1-7(2)5-8(3)6-9(4)10/h3-16H2,1-2H3;3H,1,4-15H2,2H3;7-10H,5-6H2,1-4H3. The number of aliphatic hydroxyl groups is 1. The monoisotopic (exact) mass is 593 g/mol. The van der Waals surface area contributed by atoms with Gasteiger partial charge in [-0.05, 0) is 63.7 Å². The molecule has 42 heavy (non-hydrogen) atoms. The van der Waals surface area contributed by atoms with Gasteiger partial charge in [0.2, 0.25) is 0 Å². The summed E-state index contributed by atoms with van der Waals surface area (Å²) in [6.45, 7) is 23.1. The van der Waals surface area contributed by atoms with Crippen molar-refractivity contribution in [3.63, 3.8) is 0 Å². The lowest BCUT2D eigenvalue weighted by atomic mass is 9.94. The molecule has 0 saturated heterocycles. The van der Waals surface area contributed by atoms with E-state index < -0.39 is 0 Å². The summed E-state index contributed by atoms with van der Waals surface area (Å²) in [6, 6.07) is 0. The number of hydrogen-bond acceptors (Lipinski definition) is 1. The van der Waals surface area contributed by atoms with Crippen LogP contribution < -0.4 is 0 Å². The van der Waals surface area contributed by atoms with E-state index >= 15 is 0 Å². The van der Waals surface area contributed by atoms with Gasteiger partial charge in [-0.3, -0.25) is 0 Å². The molecule has 2 unspecified atom stereocenters. The molecule has 0 aromatic heterocycles. The van der Waals surface area contributed by atoms with Crippen molar-refractivity contribution < 1.29 is 5.11 Å². The van der Waals surface area contributed by atoms with Crippen LogP contribution in [0.2, 0.25) is 0 Å². The molecule has 1 N–H and O–H groups in total. The molecule has 0 fully saturated rings. The highest BCUT2D eigenvalue weighted by molar-refractivity contribution is 4.91. The molecule has 1 nitrogen and oxygen atoms in total. The Balaban J connectivity index is -0.000000562. The van der Waals surface area contributed by atoms with Crippen molar-refractivity contribution >= 4 is 0 Å². The summed E-state index contributed by atoms with van der Waals surface area (Å²) in [4.78, 5) is 0. The third-order valence-electron chi connectivity index (χ3n) is 8.26. The van der Waals surface area contributed by atoms with Crippen LogP contribution >= 0.6 is 0 Å². The van der Waals surface area contributed by atoms with Crippen LogP contribution in [0.15, 0.2) is 24.8 Å². The lowest BCUT2D eigenvalue weighted by Crippen LogP contribution is -2.08. The number of hydrogen-bond donors (Lipinski definition) is 1. The summed E-state index contributed by atoms with van der Waals surface area (Å²) < 4.78 is 0. The van der Waals surface area contributed by atoms with E-state index in [0.29, 0.717) is 5.92 Å². The maximum Gasteiger partial charge on any atom is 0.0514 e. The molecule has 2 atom stereocenters. The Kier molecular flexibility index (Phi) is 44.2. The van der Waals surface area contributed by atoms with E-state index in [1.807, 2.05) is 13.0 Å². The Bertz CT molecular complexity index is 481. The SMILES string of the molecule is C=C(CC)CCCCCCCCCCCCC.C=CCCCCCCCCCCCCC.CC(C)CC(C)CC(C)O. The summed E-state index contributed by atoms with van der Waals surface area (Å²) in [5.74, 6) is 1.42.